The highest BCUT2D eigenvalue weighted by Crippen LogP contribution is 2.51. The van der Waals surface area contributed by atoms with Gasteiger partial charge in [0.15, 0.2) is 5.96 Å². The molecular formula is C17H33N3O3. The molecule has 134 valence electrons. The van der Waals surface area contributed by atoms with Crippen molar-refractivity contribution in [2.45, 2.75) is 57.8 Å². The molecule has 0 spiro atoms. The normalized spacial score (nSPS) is 33.3. The van der Waals surface area contributed by atoms with Crippen molar-refractivity contribution in [2.24, 2.45) is 10.4 Å². The van der Waals surface area contributed by atoms with Gasteiger partial charge in [-0.05, 0) is 26.2 Å². The van der Waals surface area contributed by atoms with Crippen LogP contribution in [0.1, 0.15) is 40.0 Å². The first-order chi connectivity index (χ1) is 10.9. The second-order valence-corrected chi connectivity index (χ2v) is 7.27. The van der Waals surface area contributed by atoms with Crippen LogP contribution < -0.4 is 10.6 Å². The summed E-state index contributed by atoms with van der Waals surface area (Å²) in [4.78, 5) is 4.32. The van der Waals surface area contributed by atoms with Crippen LogP contribution in [0.3, 0.4) is 0 Å². The van der Waals surface area contributed by atoms with Gasteiger partial charge in [-0.25, -0.2) is 0 Å². The highest BCUT2D eigenvalue weighted by Gasteiger charge is 2.58. The molecule has 23 heavy (non-hydrogen) atoms. The van der Waals surface area contributed by atoms with E-state index in [-0.39, 0.29) is 17.1 Å². The maximum atomic E-state index is 5.76. The van der Waals surface area contributed by atoms with E-state index in [1.807, 2.05) is 7.05 Å². The Hall–Kier alpha value is -0.850. The number of ether oxygens (including phenoxy) is 3. The van der Waals surface area contributed by atoms with Gasteiger partial charge in [-0.1, -0.05) is 13.8 Å². The van der Waals surface area contributed by atoms with Gasteiger partial charge in [-0.15, -0.1) is 0 Å². The van der Waals surface area contributed by atoms with E-state index in [1.54, 1.807) is 7.11 Å². The number of hydrogen-bond acceptors (Lipinski definition) is 4. The summed E-state index contributed by atoms with van der Waals surface area (Å²) in [6, 6.07) is 0.366. The Labute approximate surface area is 140 Å². The molecule has 0 aromatic heterocycles. The lowest BCUT2D eigenvalue weighted by atomic mass is 9.56. The fraction of sp³-hybridized carbons (Fsp3) is 0.941. The van der Waals surface area contributed by atoms with Crippen LogP contribution in [0.25, 0.3) is 0 Å². The molecule has 1 saturated heterocycles. The van der Waals surface area contributed by atoms with Gasteiger partial charge < -0.3 is 24.8 Å². The molecule has 0 amide bonds. The molecule has 2 fully saturated rings. The molecule has 1 saturated carbocycles. The Bertz CT molecular complexity index is 408. The van der Waals surface area contributed by atoms with Gasteiger partial charge in [0.25, 0.3) is 0 Å². The summed E-state index contributed by atoms with van der Waals surface area (Å²) in [5, 5.41) is 6.88. The van der Waals surface area contributed by atoms with Crippen LogP contribution in [0, 0.1) is 5.41 Å². The first-order valence-corrected chi connectivity index (χ1v) is 8.64. The van der Waals surface area contributed by atoms with E-state index in [9.17, 15) is 0 Å². The van der Waals surface area contributed by atoms with Crippen molar-refractivity contribution in [1.29, 1.82) is 0 Å². The quantitative estimate of drug-likeness (QED) is 0.422. The molecule has 1 aliphatic carbocycles. The van der Waals surface area contributed by atoms with E-state index < -0.39 is 0 Å². The summed E-state index contributed by atoms with van der Waals surface area (Å²) in [6.45, 7) is 9.83. The Morgan fingerprint density at radius 3 is 2.70 bits per heavy atom. The molecule has 2 aliphatic rings. The highest BCUT2D eigenvalue weighted by atomic mass is 16.5. The zero-order valence-electron chi connectivity index (χ0n) is 15.3. The fourth-order valence-corrected chi connectivity index (χ4v) is 3.26. The lowest BCUT2D eigenvalue weighted by molar-refractivity contribution is -0.176. The summed E-state index contributed by atoms with van der Waals surface area (Å²) in [5.74, 6) is 0.852. The molecule has 1 aliphatic heterocycles. The fourth-order valence-electron chi connectivity index (χ4n) is 3.26. The third kappa shape index (κ3) is 4.17. The van der Waals surface area contributed by atoms with Gasteiger partial charge in [0.2, 0.25) is 0 Å². The van der Waals surface area contributed by atoms with Crippen LogP contribution in [0.2, 0.25) is 0 Å². The van der Waals surface area contributed by atoms with Crippen LogP contribution in [0.15, 0.2) is 4.99 Å². The van der Waals surface area contributed by atoms with Crippen LogP contribution in [0.5, 0.6) is 0 Å². The summed E-state index contributed by atoms with van der Waals surface area (Å²) >= 11 is 0. The highest BCUT2D eigenvalue weighted by molar-refractivity contribution is 5.80. The van der Waals surface area contributed by atoms with Crippen molar-refractivity contribution < 1.29 is 14.2 Å². The molecule has 1 heterocycles. The first-order valence-electron chi connectivity index (χ1n) is 8.64. The molecule has 0 radical (unpaired) electrons. The minimum absolute atomic E-state index is 0.0687. The summed E-state index contributed by atoms with van der Waals surface area (Å²) in [5.41, 5.74) is 0.00562. The molecule has 0 aromatic rings. The van der Waals surface area contributed by atoms with E-state index in [4.69, 9.17) is 14.2 Å². The number of aliphatic imine (C=N–C) groups is 1. The van der Waals surface area contributed by atoms with Crippen molar-refractivity contribution in [3.63, 3.8) is 0 Å². The average Bonchev–Trinajstić information content (AvgIpc) is 3.05. The van der Waals surface area contributed by atoms with E-state index in [0.717, 1.165) is 51.6 Å². The number of nitrogens with zero attached hydrogens (tertiary/aromatic N) is 1. The minimum atomic E-state index is -0.0687. The Balaban J connectivity index is 1.64. The second-order valence-electron chi connectivity index (χ2n) is 7.27. The maximum absolute atomic E-state index is 5.76. The molecule has 3 atom stereocenters. The molecule has 0 aromatic carbocycles. The van der Waals surface area contributed by atoms with Gasteiger partial charge in [0.1, 0.15) is 0 Å². The Morgan fingerprint density at radius 1 is 1.35 bits per heavy atom. The number of guanidine groups is 1. The van der Waals surface area contributed by atoms with Gasteiger partial charge >= 0.3 is 0 Å². The van der Waals surface area contributed by atoms with Crippen molar-refractivity contribution in [3.8, 4) is 0 Å². The minimum Gasteiger partial charge on any atom is -0.379 e. The molecule has 6 nitrogen and oxygen atoms in total. The second kappa shape index (κ2) is 7.81. The smallest absolute Gasteiger partial charge is 0.191 e. The molecule has 2 N–H and O–H groups in total. The Morgan fingerprint density at radius 2 is 2.13 bits per heavy atom. The van der Waals surface area contributed by atoms with Gasteiger partial charge in [-0.2, -0.15) is 0 Å². The number of nitrogens with one attached hydrogen (secondary N) is 2. The van der Waals surface area contributed by atoms with Gasteiger partial charge in [0.05, 0.1) is 18.3 Å². The first kappa shape index (κ1) is 18.5. The molecule has 2 rings (SSSR count). The number of hydrogen-bond donors (Lipinski definition) is 2. The van der Waals surface area contributed by atoms with Crippen molar-refractivity contribution >= 4 is 5.96 Å². The third-order valence-corrected chi connectivity index (χ3v) is 5.67. The summed E-state index contributed by atoms with van der Waals surface area (Å²) < 4.78 is 16.7. The van der Waals surface area contributed by atoms with Crippen LogP contribution in [-0.2, 0) is 14.2 Å². The Kier molecular flexibility index (Phi) is 6.28. The van der Waals surface area contributed by atoms with Gasteiger partial charge in [0, 0.05) is 45.4 Å². The van der Waals surface area contributed by atoms with Crippen molar-refractivity contribution in [2.75, 3.05) is 40.5 Å². The topological polar surface area (TPSA) is 64.1 Å². The number of rotatable bonds is 7. The lowest BCUT2D eigenvalue weighted by Crippen LogP contribution is -2.69. The zero-order chi connectivity index (χ0) is 16.9. The van der Waals surface area contributed by atoms with Crippen LogP contribution in [0.4, 0.5) is 0 Å². The van der Waals surface area contributed by atoms with E-state index in [1.165, 1.54) is 0 Å². The molecule has 3 unspecified atom stereocenters. The lowest BCUT2D eigenvalue weighted by Gasteiger charge is -2.59. The largest absolute Gasteiger partial charge is 0.379 e. The summed E-state index contributed by atoms with van der Waals surface area (Å²) in [7, 11) is 3.60. The van der Waals surface area contributed by atoms with Crippen LogP contribution in [-0.4, -0.2) is 64.2 Å². The molecule has 0 bridgehead atoms. The molecular weight excluding hydrogens is 294 g/mol. The molecule has 6 heteroatoms. The monoisotopic (exact) mass is 327 g/mol. The zero-order valence-corrected chi connectivity index (χ0v) is 15.3. The van der Waals surface area contributed by atoms with Gasteiger partial charge in [-0.3, -0.25) is 4.99 Å². The van der Waals surface area contributed by atoms with Crippen LogP contribution >= 0.6 is 0 Å². The predicted molar refractivity (Wildman–Crippen MR) is 91.9 cm³/mol. The van der Waals surface area contributed by atoms with Crippen molar-refractivity contribution in [3.05, 3.63) is 0 Å². The van der Waals surface area contributed by atoms with E-state index >= 15 is 0 Å². The van der Waals surface area contributed by atoms with E-state index in [0.29, 0.717) is 6.04 Å². The van der Waals surface area contributed by atoms with Crippen molar-refractivity contribution in [1.82, 2.24) is 10.6 Å². The van der Waals surface area contributed by atoms with E-state index in [2.05, 4.69) is 36.4 Å². The SMILES string of the molecule is CN=C(NCCCOC1CCOC1)NC1CC(C)(OC)C1(C)C. The third-order valence-electron chi connectivity index (χ3n) is 5.67. The standard InChI is InChI=1S/C17H33N3O3/c1-16(2)14(11-17(16,3)21-5)20-15(18-4)19-8-6-9-23-13-7-10-22-12-13/h13-14H,6-12H2,1-5H3,(H2,18,19,20). The maximum Gasteiger partial charge on any atom is 0.191 e. The predicted octanol–water partition coefficient (Wildman–Crippen LogP) is 1.55. The number of methoxy groups -OCH3 is 1. The average molecular weight is 327 g/mol. The summed E-state index contributed by atoms with van der Waals surface area (Å²) in [6.07, 6.45) is 3.25.